The van der Waals surface area contributed by atoms with E-state index in [0.29, 0.717) is 26.8 Å². The number of rotatable bonds is 5. The lowest BCUT2D eigenvalue weighted by molar-refractivity contribution is 0.101. The molecule has 0 spiro atoms. The highest BCUT2D eigenvalue weighted by Gasteiger charge is 2.18. The summed E-state index contributed by atoms with van der Waals surface area (Å²) in [6.07, 6.45) is 2.86. The van der Waals surface area contributed by atoms with Gasteiger partial charge in [0.25, 0.3) is 15.9 Å². The number of carbonyl (C=O) groups is 1. The predicted octanol–water partition coefficient (Wildman–Crippen LogP) is 4.33. The standard InChI is InChI=1S/C20H15Cl2N5O3S/c1-27-17-10-12(21)9-16(22)15(17)11-18(27)19(28)25-13-3-5-14(6-4-13)31(29,30)26-20-23-7-2-8-24-20/h2-11H,1H3,(H,25,28)(H,23,24,26). The van der Waals surface area contributed by atoms with E-state index in [1.54, 1.807) is 35.9 Å². The lowest BCUT2D eigenvalue weighted by atomic mass is 10.2. The molecule has 0 aliphatic heterocycles. The van der Waals surface area contributed by atoms with E-state index in [1.807, 2.05) is 0 Å². The summed E-state index contributed by atoms with van der Waals surface area (Å²) >= 11 is 12.3. The monoisotopic (exact) mass is 475 g/mol. The number of carbonyl (C=O) groups excluding carboxylic acids is 1. The number of nitrogens with zero attached hydrogens (tertiary/aromatic N) is 3. The van der Waals surface area contributed by atoms with Gasteiger partial charge in [-0.2, -0.15) is 0 Å². The minimum absolute atomic E-state index is 0.00369. The van der Waals surface area contributed by atoms with Crippen molar-refractivity contribution in [3.63, 3.8) is 0 Å². The van der Waals surface area contributed by atoms with Crippen LogP contribution in [0.1, 0.15) is 10.5 Å². The lowest BCUT2D eigenvalue weighted by Gasteiger charge is -2.09. The van der Waals surface area contributed by atoms with Gasteiger partial charge in [0.1, 0.15) is 5.69 Å². The van der Waals surface area contributed by atoms with Crippen molar-refractivity contribution in [1.29, 1.82) is 0 Å². The minimum atomic E-state index is -3.86. The second kappa shape index (κ2) is 8.18. The summed E-state index contributed by atoms with van der Waals surface area (Å²) in [6.45, 7) is 0. The van der Waals surface area contributed by atoms with Crippen molar-refractivity contribution in [2.24, 2.45) is 7.05 Å². The molecule has 2 aromatic carbocycles. The molecule has 0 aliphatic rings. The van der Waals surface area contributed by atoms with Gasteiger partial charge in [-0.15, -0.1) is 0 Å². The maximum Gasteiger partial charge on any atom is 0.272 e. The van der Waals surface area contributed by atoms with Crippen LogP contribution >= 0.6 is 23.2 Å². The average molecular weight is 476 g/mol. The van der Waals surface area contributed by atoms with Crippen LogP contribution in [0.4, 0.5) is 11.6 Å². The lowest BCUT2D eigenvalue weighted by Crippen LogP contribution is -2.16. The van der Waals surface area contributed by atoms with Crippen LogP contribution in [0.5, 0.6) is 0 Å². The van der Waals surface area contributed by atoms with Crippen molar-refractivity contribution in [2.75, 3.05) is 10.0 Å². The van der Waals surface area contributed by atoms with Crippen LogP contribution in [-0.2, 0) is 17.1 Å². The summed E-state index contributed by atoms with van der Waals surface area (Å²) in [6, 6.07) is 12.3. The van der Waals surface area contributed by atoms with Gasteiger partial charge in [-0.1, -0.05) is 23.2 Å². The van der Waals surface area contributed by atoms with Gasteiger partial charge in [-0.05, 0) is 48.5 Å². The number of benzene rings is 2. The largest absolute Gasteiger partial charge is 0.340 e. The first kappa shape index (κ1) is 21.1. The number of aryl methyl sites for hydroxylation is 1. The Kier molecular flexibility index (Phi) is 5.57. The van der Waals surface area contributed by atoms with Crippen molar-refractivity contribution in [2.45, 2.75) is 4.90 Å². The Morgan fingerprint density at radius 2 is 1.71 bits per heavy atom. The van der Waals surface area contributed by atoms with Crippen LogP contribution in [0.15, 0.2) is 65.8 Å². The third-order valence-corrected chi connectivity index (χ3v) is 6.40. The normalized spacial score (nSPS) is 11.5. The fraction of sp³-hybridized carbons (Fsp3) is 0.0500. The minimum Gasteiger partial charge on any atom is -0.340 e. The number of amides is 1. The molecule has 158 valence electrons. The zero-order chi connectivity index (χ0) is 22.2. The molecule has 0 atom stereocenters. The molecule has 2 aromatic heterocycles. The summed E-state index contributed by atoms with van der Waals surface area (Å²) in [7, 11) is -2.13. The highest BCUT2D eigenvalue weighted by atomic mass is 35.5. The Labute approximate surface area is 187 Å². The smallest absolute Gasteiger partial charge is 0.272 e. The molecule has 31 heavy (non-hydrogen) atoms. The molecule has 0 bridgehead atoms. The quantitative estimate of drug-likeness (QED) is 0.446. The summed E-state index contributed by atoms with van der Waals surface area (Å²) < 4.78 is 28.9. The average Bonchev–Trinajstić information content (AvgIpc) is 3.06. The first-order chi connectivity index (χ1) is 14.7. The highest BCUT2D eigenvalue weighted by Crippen LogP contribution is 2.30. The van der Waals surface area contributed by atoms with Crippen molar-refractivity contribution in [3.05, 3.63) is 76.7 Å². The van der Waals surface area contributed by atoms with Crippen molar-refractivity contribution in [1.82, 2.24) is 14.5 Å². The summed E-state index contributed by atoms with van der Waals surface area (Å²) in [4.78, 5) is 20.5. The van der Waals surface area contributed by atoms with Crippen LogP contribution in [0.2, 0.25) is 10.0 Å². The second-order valence-corrected chi connectivity index (χ2v) is 9.09. The number of halogens is 2. The van der Waals surface area contributed by atoms with Crippen LogP contribution in [0.25, 0.3) is 10.9 Å². The van der Waals surface area contributed by atoms with E-state index >= 15 is 0 Å². The Morgan fingerprint density at radius 1 is 1.03 bits per heavy atom. The number of hydrogen-bond donors (Lipinski definition) is 2. The van der Waals surface area contributed by atoms with E-state index in [2.05, 4.69) is 20.0 Å². The molecule has 11 heteroatoms. The van der Waals surface area contributed by atoms with E-state index in [4.69, 9.17) is 23.2 Å². The van der Waals surface area contributed by atoms with Gasteiger partial charge in [0, 0.05) is 35.5 Å². The van der Waals surface area contributed by atoms with Crippen LogP contribution in [-0.4, -0.2) is 28.9 Å². The third-order valence-electron chi connectivity index (χ3n) is 4.52. The Morgan fingerprint density at radius 3 is 2.39 bits per heavy atom. The zero-order valence-electron chi connectivity index (χ0n) is 16.0. The Balaban J connectivity index is 1.54. The molecule has 0 fully saturated rings. The number of hydrogen-bond acceptors (Lipinski definition) is 5. The van der Waals surface area contributed by atoms with Gasteiger partial charge in [-0.25, -0.2) is 23.1 Å². The van der Waals surface area contributed by atoms with Gasteiger partial charge < -0.3 is 9.88 Å². The molecule has 0 radical (unpaired) electrons. The van der Waals surface area contributed by atoms with Crippen LogP contribution in [0, 0.1) is 0 Å². The molecule has 0 saturated carbocycles. The SMILES string of the molecule is Cn1c(C(=O)Nc2ccc(S(=O)(=O)Nc3ncccn3)cc2)cc2c(Cl)cc(Cl)cc21. The Bertz CT molecular complexity index is 1390. The number of aromatic nitrogens is 3. The molecule has 0 saturated heterocycles. The van der Waals surface area contributed by atoms with Crippen molar-refractivity contribution < 1.29 is 13.2 Å². The molecule has 4 rings (SSSR count). The van der Waals surface area contributed by atoms with Gasteiger partial charge in [0.15, 0.2) is 0 Å². The summed E-state index contributed by atoms with van der Waals surface area (Å²) in [5.41, 5.74) is 1.52. The number of sulfonamides is 1. The third kappa shape index (κ3) is 4.34. The number of nitrogens with one attached hydrogen (secondary N) is 2. The second-order valence-electron chi connectivity index (χ2n) is 6.57. The molecular formula is C20H15Cl2N5O3S. The molecule has 2 heterocycles. The van der Waals surface area contributed by atoms with Gasteiger partial charge in [0.2, 0.25) is 5.95 Å². The molecule has 4 aromatic rings. The summed E-state index contributed by atoms with van der Waals surface area (Å²) in [5.74, 6) is -0.410. The van der Waals surface area contributed by atoms with Crippen molar-refractivity contribution in [3.8, 4) is 0 Å². The van der Waals surface area contributed by atoms with E-state index in [9.17, 15) is 13.2 Å². The van der Waals surface area contributed by atoms with Gasteiger partial charge >= 0.3 is 0 Å². The fourth-order valence-corrected chi connectivity index (χ4v) is 4.51. The predicted molar refractivity (Wildman–Crippen MR) is 120 cm³/mol. The highest BCUT2D eigenvalue weighted by molar-refractivity contribution is 7.92. The number of anilines is 2. The summed E-state index contributed by atoms with van der Waals surface area (Å²) in [5, 5.41) is 4.37. The van der Waals surface area contributed by atoms with Crippen LogP contribution in [0.3, 0.4) is 0 Å². The van der Waals surface area contributed by atoms with E-state index in [0.717, 1.165) is 5.52 Å². The van der Waals surface area contributed by atoms with Crippen molar-refractivity contribution >= 4 is 61.7 Å². The molecule has 0 unspecified atom stereocenters. The van der Waals surface area contributed by atoms with Crippen LogP contribution < -0.4 is 10.0 Å². The first-order valence-corrected chi connectivity index (χ1v) is 11.1. The van der Waals surface area contributed by atoms with E-state index in [-0.39, 0.29) is 16.8 Å². The fourth-order valence-electron chi connectivity index (χ4n) is 3.02. The molecule has 0 aliphatic carbocycles. The maximum atomic E-state index is 12.8. The van der Waals surface area contributed by atoms with Gasteiger partial charge in [0.05, 0.1) is 15.4 Å². The van der Waals surface area contributed by atoms with E-state index < -0.39 is 10.0 Å². The Hall–Kier alpha value is -3.14. The molecular weight excluding hydrogens is 461 g/mol. The molecule has 1 amide bonds. The number of fused-ring (bicyclic) bond motifs is 1. The maximum absolute atomic E-state index is 12.8. The molecule has 8 nitrogen and oxygen atoms in total. The molecule has 2 N–H and O–H groups in total. The zero-order valence-corrected chi connectivity index (χ0v) is 18.3. The van der Waals surface area contributed by atoms with Gasteiger partial charge in [-0.3, -0.25) is 4.79 Å². The van der Waals surface area contributed by atoms with E-state index in [1.165, 1.54) is 36.7 Å². The topological polar surface area (TPSA) is 106 Å². The first-order valence-electron chi connectivity index (χ1n) is 8.90.